The van der Waals surface area contributed by atoms with Gasteiger partial charge in [-0.2, -0.15) is 0 Å². The molecule has 122 valence electrons. The normalized spacial score (nSPS) is 11.0. The van der Waals surface area contributed by atoms with E-state index in [0.29, 0.717) is 10.7 Å². The third-order valence-corrected chi connectivity index (χ3v) is 4.60. The third-order valence-electron chi connectivity index (χ3n) is 3.82. The van der Waals surface area contributed by atoms with Crippen molar-refractivity contribution in [2.45, 2.75) is 0 Å². The summed E-state index contributed by atoms with van der Waals surface area (Å²) in [7, 11) is 0. The van der Waals surface area contributed by atoms with Crippen molar-refractivity contribution in [1.29, 1.82) is 0 Å². The van der Waals surface area contributed by atoms with Gasteiger partial charge in [0.2, 0.25) is 0 Å². The number of aromatic amines is 1. The van der Waals surface area contributed by atoms with Crippen molar-refractivity contribution in [2.75, 3.05) is 0 Å². The molecule has 0 spiro atoms. The second kappa shape index (κ2) is 6.43. The number of halogens is 2. The second-order valence-electron chi connectivity index (χ2n) is 5.48. The van der Waals surface area contributed by atoms with E-state index in [1.54, 1.807) is 18.5 Å². The van der Waals surface area contributed by atoms with E-state index < -0.39 is 0 Å². The molecule has 0 bridgehead atoms. The van der Waals surface area contributed by atoms with Crippen LogP contribution in [0.1, 0.15) is 5.56 Å². The highest BCUT2D eigenvalue weighted by molar-refractivity contribution is 9.10. The Labute approximate surface area is 157 Å². The van der Waals surface area contributed by atoms with Gasteiger partial charge in [0.05, 0.1) is 21.7 Å². The van der Waals surface area contributed by atoms with Crippen molar-refractivity contribution in [2.24, 2.45) is 0 Å². The number of hydrogen-bond donors (Lipinski definition) is 1. The molecule has 6 heteroatoms. The molecule has 3 aromatic heterocycles. The van der Waals surface area contributed by atoms with Crippen LogP contribution in [-0.2, 0) is 0 Å². The molecule has 0 fully saturated rings. The Balaban J connectivity index is 1.70. The third kappa shape index (κ3) is 3.08. The molecule has 4 aromatic rings. The number of fused-ring (bicyclic) bond motifs is 1. The first kappa shape index (κ1) is 16.0. The zero-order chi connectivity index (χ0) is 17.4. The highest BCUT2D eigenvalue weighted by atomic mass is 79.9. The summed E-state index contributed by atoms with van der Waals surface area (Å²) in [6.45, 7) is 3.72. The van der Waals surface area contributed by atoms with Crippen molar-refractivity contribution in [3.63, 3.8) is 0 Å². The van der Waals surface area contributed by atoms with Gasteiger partial charge in [-0.15, -0.1) is 0 Å². The minimum Gasteiger partial charge on any atom is -0.337 e. The molecule has 4 rings (SSSR count). The number of aromatic nitrogens is 4. The topological polar surface area (TPSA) is 54.5 Å². The highest BCUT2D eigenvalue weighted by Gasteiger charge is 2.10. The quantitative estimate of drug-likeness (QED) is 0.467. The molecule has 0 saturated carbocycles. The number of benzene rings is 1. The van der Waals surface area contributed by atoms with Gasteiger partial charge in [0.15, 0.2) is 5.82 Å². The average molecular weight is 412 g/mol. The van der Waals surface area contributed by atoms with Gasteiger partial charge in [-0.05, 0) is 42.0 Å². The average Bonchev–Trinajstić information content (AvgIpc) is 3.05. The Morgan fingerprint density at radius 2 is 1.96 bits per heavy atom. The summed E-state index contributed by atoms with van der Waals surface area (Å²) in [6, 6.07) is 11.6. The first-order chi connectivity index (χ1) is 12.1. The minimum atomic E-state index is 0.570. The largest absolute Gasteiger partial charge is 0.337 e. The number of rotatable bonds is 3. The van der Waals surface area contributed by atoms with E-state index in [9.17, 15) is 0 Å². The Kier molecular flexibility index (Phi) is 4.11. The van der Waals surface area contributed by atoms with Crippen LogP contribution in [0.25, 0.3) is 39.9 Å². The van der Waals surface area contributed by atoms with E-state index in [4.69, 9.17) is 11.6 Å². The summed E-state index contributed by atoms with van der Waals surface area (Å²) in [5.41, 5.74) is 5.04. The zero-order valence-electron chi connectivity index (χ0n) is 13.0. The Morgan fingerprint density at radius 1 is 1.08 bits per heavy atom. The van der Waals surface area contributed by atoms with Gasteiger partial charge in [0.25, 0.3) is 0 Å². The van der Waals surface area contributed by atoms with Crippen LogP contribution in [0.3, 0.4) is 0 Å². The number of imidazole rings is 1. The number of H-pyrrole nitrogens is 1. The number of nitrogens with zero attached hydrogens (tertiary/aromatic N) is 3. The van der Waals surface area contributed by atoms with Crippen LogP contribution >= 0.6 is 27.5 Å². The summed E-state index contributed by atoms with van der Waals surface area (Å²) in [4.78, 5) is 16.8. The standard InChI is InChI=1S/C19H12BrClN4/c1-2-11-7-14(21)18(23-9-11)12-3-5-16(22-10-12)19-24-15-6-4-13(20)8-17(15)25-19/h2-10H,1H2,(H,24,25). The van der Waals surface area contributed by atoms with Gasteiger partial charge in [-0.3, -0.25) is 9.97 Å². The lowest BCUT2D eigenvalue weighted by molar-refractivity contribution is 1.22. The van der Waals surface area contributed by atoms with Crippen LogP contribution in [0, 0.1) is 0 Å². The second-order valence-corrected chi connectivity index (χ2v) is 6.81. The van der Waals surface area contributed by atoms with E-state index in [1.165, 1.54) is 0 Å². The molecular formula is C19H12BrClN4. The van der Waals surface area contributed by atoms with Crippen LogP contribution < -0.4 is 0 Å². The van der Waals surface area contributed by atoms with Gasteiger partial charge in [-0.25, -0.2) is 4.98 Å². The summed E-state index contributed by atoms with van der Waals surface area (Å²) in [6.07, 6.45) is 5.20. The molecule has 0 saturated heterocycles. The monoisotopic (exact) mass is 410 g/mol. The number of nitrogens with one attached hydrogen (secondary N) is 1. The molecule has 25 heavy (non-hydrogen) atoms. The molecule has 3 heterocycles. The van der Waals surface area contributed by atoms with Gasteiger partial charge in [0, 0.05) is 22.4 Å². The molecular weight excluding hydrogens is 400 g/mol. The lowest BCUT2D eigenvalue weighted by Crippen LogP contribution is -1.90. The highest BCUT2D eigenvalue weighted by Crippen LogP contribution is 2.28. The maximum atomic E-state index is 6.31. The van der Waals surface area contributed by atoms with E-state index in [-0.39, 0.29) is 0 Å². The number of hydrogen-bond acceptors (Lipinski definition) is 3. The molecule has 1 N–H and O–H groups in total. The molecule has 0 aliphatic heterocycles. The zero-order valence-corrected chi connectivity index (χ0v) is 15.3. The van der Waals surface area contributed by atoms with Gasteiger partial charge < -0.3 is 4.98 Å². The molecule has 0 unspecified atom stereocenters. The first-order valence-corrected chi connectivity index (χ1v) is 8.71. The van der Waals surface area contributed by atoms with E-state index in [0.717, 1.165) is 38.2 Å². The van der Waals surface area contributed by atoms with Gasteiger partial charge in [0.1, 0.15) is 5.69 Å². The molecule has 0 amide bonds. The number of pyridine rings is 2. The van der Waals surface area contributed by atoms with Crippen LogP contribution in [0.4, 0.5) is 0 Å². The Hall–Kier alpha value is -2.50. The molecule has 0 aliphatic rings. The lowest BCUT2D eigenvalue weighted by atomic mass is 10.1. The first-order valence-electron chi connectivity index (χ1n) is 7.54. The van der Waals surface area contributed by atoms with Crippen LogP contribution in [0.5, 0.6) is 0 Å². The summed E-state index contributed by atoms with van der Waals surface area (Å²) < 4.78 is 1.00. The van der Waals surface area contributed by atoms with Crippen molar-refractivity contribution < 1.29 is 0 Å². The van der Waals surface area contributed by atoms with Crippen LogP contribution in [0.2, 0.25) is 5.02 Å². The summed E-state index contributed by atoms with van der Waals surface area (Å²) in [5, 5.41) is 0.570. The molecule has 0 radical (unpaired) electrons. The fourth-order valence-electron chi connectivity index (χ4n) is 2.55. The summed E-state index contributed by atoms with van der Waals surface area (Å²) >= 11 is 9.77. The SMILES string of the molecule is C=Cc1cnc(-c2ccc(-c3nc4ccc(Br)cc4[nH]3)nc2)c(Cl)c1. The molecule has 4 nitrogen and oxygen atoms in total. The van der Waals surface area contributed by atoms with Crippen LogP contribution in [-0.4, -0.2) is 19.9 Å². The van der Waals surface area contributed by atoms with Gasteiger partial charge >= 0.3 is 0 Å². The van der Waals surface area contributed by atoms with Crippen molar-refractivity contribution in [1.82, 2.24) is 19.9 Å². The predicted octanol–water partition coefficient (Wildman–Crippen LogP) is 5.75. The van der Waals surface area contributed by atoms with Gasteiger partial charge in [-0.1, -0.05) is 40.2 Å². The Morgan fingerprint density at radius 3 is 2.68 bits per heavy atom. The maximum Gasteiger partial charge on any atom is 0.157 e. The maximum absolute atomic E-state index is 6.31. The van der Waals surface area contributed by atoms with Crippen molar-refractivity contribution >= 4 is 44.6 Å². The molecule has 0 atom stereocenters. The summed E-state index contributed by atoms with van der Waals surface area (Å²) in [5.74, 6) is 0.723. The van der Waals surface area contributed by atoms with Crippen LogP contribution in [0.15, 0.2) is 59.8 Å². The fourth-order valence-corrected chi connectivity index (χ4v) is 3.20. The van der Waals surface area contributed by atoms with E-state index >= 15 is 0 Å². The lowest BCUT2D eigenvalue weighted by Gasteiger charge is -2.05. The predicted molar refractivity (Wildman–Crippen MR) is 105 cm³/mol. The fraction of sp³-hybridized carbons (Fsp3) is 0. The minimum absolute atomic E-state index is 0.570. The van der Waals surface area contributed by atoms with Crippen molar-refractivity contribution in [3.8, 4) is 22.8 Å². The van der Waals surface area contributed by atoms with Crippen molar-refractivity contribution in [3.05, 3.63) is 70.4 Å². The molecule has 0 aliphatic carbocycles. The van der Waals surface area contributed by atoms with E-state index in [1.807, 2.05) is 36.4 Å². The molecule has 1 aromatic carbocycles. The van der Waals surface area contributed by atoms with E-state index in [2.05, 4.69) is 42.4 Å². The smallest absolute Gasteiger partial charge is 0.157 e. The Bertz CT molecular complexity index is 1090.